The Morgan fingerprint density at radius 2 is 1.76 bits per heavy atom. The van der Waals surface area contributed by atoms with Crippen LogP contribution in [0.15, 0.2) is 18.2 Å². The van der Waals surface area contributed by atoms with Crippen molar-refractivity contribution in [2.75, 3.05) is 5.32 Å². The predicted molar refractivity (Wildman–Crippen MR) is 104 cm³/mol. The summed E-state index contributed by atoms with van der Waals surface area (Å²) >= 11 is 0. The molecule has 1 aromatic carbocycles. The zero-order chi connectivity index (χ0) is 22.0. The van der Waals surface area contributed by atoms with Crippen molar-refractivity contribution in [3.05, 3.63) is 29.6 Å². The molecule has 2 amide bonds. The molecule has 5 nitrogen and oxygen atoms in total. The fourth-order valence-corrected chi connectivity index (χ4v) is 3.49. The monoisotopic (exact) mass is 414 g/mol. The van der Waals surface area contributed by atoms with Crippen molar-refractivity contribution >= 4 is 17.5 Å². The Hall–Kier alpha value is -2.09. The Morgan fingerprint density at radius 3 is 2.24 bits per heavy atom. The third-order valence-corrected chi connectivity index (χ3v) is 5.24. The van der Waals surface area contributed by atoms with Crippen molar-refractivity contribution in [3.63, 3.8) is 0 Å². The van der Waals surface area contributed by atoms with Crippen LogP contribution in [0.3, 0.4) is 0 Å². The van der Waals surface area contributed by atoms with E-state index in [1.165, 1.54) is 13.0 Å². The fraction of sp³-hybridized carbons (Fsp3) is 0.619. The molecule has 8 heteroatoms. The highest BCUT2D eigenvalue weighted by Crippen LogP contribution is 2.37. The molecule has 2 rings (SSSR count). The number of amides is 2. The highest BCUT2D eigenvalue weighted by molar-refractivity contribution is 5.97. The minimum Gasteiger partial charge on any atom is -0.384 e. The van der Waals surface area contributed by atoms with Crippen LogP contribution < -0.4 is 10.6 Å². The number of hydrogen-bond donors (Lipinski definition) is 3. The van der Waals surface area contributed by atoms with Crippen LogP contribution in [0.25, 0.3) is 0 Å². The summed E-state index contributed by atoms with van der Waals surface area (Å²) in [6.45, 7) is 6.85. The Bertz CT molecular complexity index is 750. The summed E-state index contributed by atoms with van der Waals surface area (Å²) in [5, 5.41) is 14.5. The van der Waals surface area contributed by atoms with E-state index >= 15 is 0 Å². The van der Waals surface area contributed by atoms with Gasteiger partial charge in [-0.05, 0) is 48.8 Å². The lowest BCUT2D eigenvalue weighted by Crippen LogP contribution is -2.52. The number of carbonyl (C=O) groups is 2. The minimum atomic E-state index is -2.78. The maximum Gasteiger partial charge on any atom is 0.249 e. The molecule has 0 saturated heterocycles. The van der Waals surface area contributed by atoms with Crippen LogP contribution in [0.5, 0.6) is 0 Å². The summed E-state index contributed by atoms with van der Waals surface area (Å²) in [6, 6.07) is 3.24. The number of aliphatic hydroxyl groups is 1. The van der Waals surface area contributed by atoms with E-state index in [1.807, 2.05) is 20.8 Å². The van der Waals surface area contributed by atoms with Crippen LogP contribution in [0.2, 0.25) is 0 Å². The molecular formula is C21H29F3N2O3. The third kappa shape index (κ3) is 6.19. The zero-order valence-corrected chi connectivity index (χ0v) is 17.2. The molecule has 1 aliphatic rings. The van der Waals surface area contributed by atoms with Gasteiger partial charge in [0.1, 0.15) is 18.0 Å². The second kappa shape index (κ2) is 8.73. The maximum atomic E-state index is 14.4. The van der Waals surface area contributed by atoms with Gasteiger partial charge in [0.25, 0.3) is 0 Å². The van der Waals surface area contributed by atoms with Gasteiger partial charge in [0.15, 0.2) is 0 Å². The SMILES string of the molecule is C[C@H](O)C(=O)NC(C(=O)Nc1ccc(C(C)(C)C)c(F)c1)C1CCC(F)(F)CC1. The molecule has 0 aromatic heterocycles. The summed E-state index contributed by atoms with van der Waals surface area (Å²) < 4.78 is 41.4. The molecular weight excluding hydrogens is 385 g/mol. The van der Waals surface area contributed by atoms with Gasteiger partial charge in [-0.15, -0.1) is 0 Å². The van der Waals surface area contributed by atoms with Crippen LogP contribution in [-0.4, -0.2) is 35.0 Å². The molecule has 29 heavy (non-hydrogen) atoms. The van der Waals surface area contributed by atoms with E-state index in [0.717, 1.165) is 0 Å². The Kier molecular flexibility index (Phi) is 6.98. The van der Waals surface area contributed by atoms with Crippen molar-refractivity contribution in [3.8, 4) is 0 Å². The van der Waals surface area contributed by atoms with Gasteiger partial charge >= 0.3 is 0 Å². The molecule has 1 aliphatic carbocycles. The average molecular weight is 414 g/mol. The van der Waals surface area contributed by atoms with Crippen LogP contribution in [-0.2, 0) is 15.0 Å². The molecule has 162 valence electrons. The topological polar surface area (TPSA) is 78.4 Å². The number of benzene rings is 1. The van der Waals surface area contributed by atoms with Gasteiger partial charge in [-0.2, -0.15) is 0 Å². The van der Waals surface area contributed by atoms with E-state index < -0.39 is 47.0 Å². The molecule has 1 fully saturated rings. The standard InChI is InChI=1S/C21H29F3N2O3/c1-12(27)18(28)26-17(13-7-9-21(23,24)10-8-13)19(29)25-14-5-6-15(16(22)11-14)20(2,3)4/h5-6,11-13,17,27H,7-10H2,1-4H3,(H,25,29)(H,26,28)/t12-,17?/m0/s1. The summed E-state index contributed by atoms with van der Waals surface area (Å²) in [5.74, 6) is -5.15. The largest absolute Gasteiger partial charge is 0.384 e. The summed E-state index contributed by atoms with van der Waals surface area (Å²) in [5.41, 5.74) is 0.287. The van der Waals surface area contributed by atoms with Crippen LogP contribution >= 0.6 is 0 Å². The number of anilines is 1. The summed E-state index contributed by atoms with van der Waals surface area (Å²) in [4.78, 5) is 24.7. The summed E-state index contributed by atoms with van der Waals surface area (Å²) in [6.07, 6.45) is -1.98. The Labute approximate surface area is 169 Å². The lowest BCUT2D eigenvalue weighted by Gasteiger charge is -2.33. The average Bonchev–Trinajstić information content (AvgIpc) is 2.58. The first kappa shape index (κ1) is 23.2. The van der Waals surface area contributed by atoms with Crippen molar-refractivity contribution in [1.82, 2.24) is 5.32 Å². The smallest absolute Gasteiger partial charge is 0.249 e. The maximum absolute atomic E-state index is 14.4. The van der Waals surface area contributed by atoms with Crippen molar-refractivity contribution in [1.29, 1.82) is 0 Å². The van der Waals surface area contributed by atoms with E-state index in [1.54, 1.807) is 12.1 Å². The van der Waals surface area contributed by atoms with Gasteiger partial charge in [-0.25, -0.2) is 13.2 Å². The fourth-order valence-electron chi connectivity index (χ4n) is 3.49. The van der Waals surface area contributed by atoms with E-state index in [4.69, 9.17) is 0 Å². The Balaban J connectivity index is 2.19. The van der Waals surface area contributed by atoms with Crippen molar-refractivity contribution in [2.45, 2.75) is 76.9 Å². The molecule has 3 N–H and O–H groups in total. The normalized spacial score (nSPS) is 19.3. The van der Waals surface area contributed by atoms with Gasteiger partial charge in [0.05, 0.1) is 0 Å². The highest BCUT2D eigenvalue weighted by atomic mass is 19.3. The number of aliphatic hydroxyl groups excluding tert-OH is 1. The number of rotatable bonds is 5. The van der Waals surface area contributed by atoms with Crippen molar-refractivity contribution in [2.24, 2.45) is 5.92 Å². The number of nitrogens with one attached hydrogen (secondary N) is 2. The van der Waals surface area contributed by atoms with Crippen molar-refractivity contribution < 1.29 is 27.9 Å². The van der Waals surface area contributed by atoms with Crippen LogP contribution in [0.1, 0.15) is 58.9 Å². The first-order valence-electron chi connectivity index (χ1n) is 9.77. The first-order chi connectivity index (χ1) is 13.3. The first-order valence-corrected chi connectivity index (χ1v) is 9.77. The minimum absolute atomic E-state index is 0.0580. The lowest BCUT2D eigenvalue weighted by molar-refractivity contribution is -0.133. The molecule has 0 radical (unpaired) electrons. The molecule has 0 spiro atoms. The third-order valence-electron chi connectivity index (χ3n) is 5.24. The van der Waals surface area contributed by atoms with E-state index in [0.29, 0.717) is 5.56 Å². The number of alkyl halides is 2. The number of carbonyl (C=O) groups excluding carboxylic acids is 2. The molecule has 0 heterocycles. The second-order valence-electron chi connectivity index (χ2n) is 8.79. The quantitative estimate of drug-likeness (QED) is 0.687. The Morgan fingerprint density at radius 1 is 1.17 bits per heavy atom. The molecule has 1 aromatic rings. The molecule has 1 saturated carbocycles. The van der Waals surface area contributed by atoms with Crippen LogP contribution in [0, 0.1) is 11.7 Å². The van der Waals surface area contributed by atoms with Gasteiger partial charge in [-0.3, -0.25) is 9.59 Å². The molecule has 1 unspecified atom stereocenters. The molecule has 0 bridgehead atoms. The van der Waals surface area contributed by atoms with E-state index in [-0.39, 0.29) is 31.4 Å². The van der Waals surface area contributed by atoms with E-state index in [9.17, 15) is 27.9 Å². The van der Waals surface area contributed by atoms with Gasteiger partial charge < -0.3 is 15.7 Å². The summed E-state index contributed by atoms with van der Waals surface area (Å²) in [7, 11) is 0. The second-order valence-corrected chi connectivity index (χ2v) is 8.79. The van der Waals surface area contributed by atoms with Crippen LogP contribution in [0.4, 0.5) is 18.9 Å². The van der Waals surface area contributed by atoms with Gasteiger partial charge in [0.2, 0.25) is 17.7 Å². The molecule has 2 atom stereocenters. The zero-order valence-electron chi connectivity index (χ0n) is 17.2. The lowest BCUT2D eigenvalue weighted by atomic mass is 9.81. The highest BCUT2D eigenvalue weighted by Gasteiger charge is 2.40. The number of halogens is 3. The molecule has 0 aliphatic heterocycles. The van der Waals surface area contributed by atoms with E-state index in [2.05, 4.69) is 10.6 Å². The number of hydrogen-bond acceptors (Lipinski definition) is 3. The van der Waals surface area contributed by atoms with Gasteiger partial charge in [0, 0.05) is 18.5 Å². The van der Waals surface area contributed by atoms with Gasteiger partial charge in [-0.1, -0.05) is 26.8 Å². The predicted octanol–water partition coefficient (Wildman–Crippen LogP) is 3.75.